The summed E-state index contributed by atoms with van der Waals surface area (Å²) >= 11 is 0. The van der Waals surface area contributed by atoms with Gasteiger partial charge >= 0.3 is 17.9 Å². The average Bonchev–Trinajstić information content (AvgIpc) is 3.23. The van der Waals surface area contributed by atoms with Crippen molar-refractivity contribution in [3.63, 3.8) is 0 Å². The van der Waals surface area contributed by atoms with E-state index in [-0.39, 0.29) is 37.5 Å². The van der Waals surface area contributed by atoms with E-state index in [1.165, 1.54) is 32.1 Å². The van der Waals surface area contributed by atoms with Gasteiger partial charge in [-0.05, 0) is 96.3 Å². The molecule has 0 N–H and O–H groups in total. The third-order valence-corrected chi connectivity index (χ3v) is 9.35. The summed E-state index contributed by atoms with van der Waals surface area (Å²) in [6.45, 7) is 6.32. The summed E-state index contributed by atoms with van der Waals surface area (Å²) in [4.78, 5) is 37.8. The highest BCUT2D eigenvalue weighted by Crippen LogP contribution is 2.11. The van der Waals surface area contributed by atoms with Gasteiger partial charge in [-0.2, -0.15) is 0 Å². The Morgan fingerprint density at radius 3 is 1.31 bits per heavy atom. The summed E-state index contributed by atoms with van der Waals surface area (Å²) in [7, 11) is 0. The van der Waals surface area contributed by atoms with E-state index in [1.54, 1.807) is 0 Å². The molecule has 1 unspecified atom stereocenters. The Balaban J connectivity index is 4.51. The first-order chi connectivity index (χ1) is 29.0. The third kappa shape index (κ3) is 45.0. The molecule has 0 saturated carbocycles. The minimum atomic E-state index is -0.819. The Kier molecular flexibility index (Phi) is 43.6. The van der Waals surface area contributed by atoms with Gasteiger partial charge in [0, 0.05) is 19.3 Å². The largest absolute Gasteiger partial charge is 0.462 e. The number of unbranched alkanes of at least 4 members (excludes halogenated alkanes) is 15. The molecule has 0 spiro atoms. The first-order valence-corrected chi connectivity index (χ1v) is 23.5. The van der Waals surface area contributed by atoms with Crippen molar-refractivity contribution in [2.45, 2.75) is 194 Å². The highest BCUT2D eigenvalue weighted by molar-refractivity contribution is 5.71. The van der Waals surface area contributed by atoms with Crippen molar-refractivity contribution in [1.29, 1.82) is 0 Å². The Labute approximate surface area is 361 Å². The van der Waals surface area contributed by atoms with Gasteiger partial charge in [0.25, 0.3) is 0 Å². The summed E-state index contributed by atoms with van der Waals surface area (Å²) in [6, 6.07) is 0. The van der Waals surface area contributed by atoms with Crippen LogP contribution < -0.4 is 0 Å². The maximum atomic E-state index is 12.7. The Morgan fingerprint density at radius 2 is 0.746 bits per heavy atom. The normalized spacial score (nSPS) is 13.1. The predicted molar refractivity (Wildman–Crippen MR) is 251 cm³/mol. The minimum absolute atomic E-state index is 0.117. The van der Waals surface area contributed by atoms with Crippen molar-refractivity contribution < 1.29 is 28.6 Å². The molecule has 1 atom stereocenters. The van der Waals surface area contributed by atoms with Crippen molar-refractivity contribution in [2.24, 2.45) is 0 Å². The minimum Gasteiger partial charge on any atom is -0.462 e. The van der Waals surface area contributed by atoms with Gasteiger partial charge < -0.3 is 14.2 Å². The second kappa shape index (κ2) is 46.8. The molecule has 6 heteroatoms. The Morgan fingerprint density at radius 1 is 0.373 bits per heavy atom. The van der Waals surface area contributed by atoms with Gasteiger partial charge in [-0.15, -0.1) is 0 Å². The molecule has 332 valence electrons. The van der Waals surface area contributed by atoms with Gasteiger partial charge in [0.15, 0.2) is 6.10 Å². The van der Waals surface area contributed by atoms with Gasteiger partial charge in [-0.3, -0.25) is 14.4 Å². The van der Waals surface area contributed by atoms with Crippen LogP contribution in [0, 0.1) is 0 Å². The van der Waals surface area contributed by atoms with Crippen LogP contribution in [-0.4, -0.2) is 37.2 Å². The summed E-state index contributed by atoms with van der Waals surface area (Å²) in [5.41, 5.74) is 0. The number of carbonyl (C=O) groups is 3. The fourth-order valence-electron chi connectivity index (χ4n) is 5.80. The Hall–Kier alpha value is -3.93. The smallest absolute Gasteiger partial charge is 0.306 e. The maximum Gasteiger partial charge on any atom is 0.306 e. The number of allylic oxidation sites excluding steroid dienone is 18. The molecule has 0 aliphatic heterocycles. The number of hydrogen-bond acceptors (Lipinski definition) is 6. The molecule has 0 aliphatic rings. The molecule has 0 heterocycles. The molecule has 0 aromatic heterocycles. The zero-order chi connectivity index (χ0) is 43.0. The zero-order valence-corrected chi connectivity index (χ0v) is 37.7. The SMILES string of the molecule is CC/C=C\C/C=C\C/C=C\CCCCC(=O)OC(COC(=O)CCCCC/C=C\C=C/CCCC)COC(=O)CCCCCCC\C=C/C=C\C=C/C=C\CCCCC. The van der Waals surface area contributed by atoms with E-state index in [0.717, 1.165) is 109 Å². The van der Waals surface area contributed by atoms with Crippen molar-refractivity contribution in [2.75, 3.05) is 13.2 Å². The lowest BCUT2D eigenvalue weighted by Gasteiger charge is -2.18. The van der Waals surface area contributed by atoms with Crippen LogP contribution in [-0.2, 0) is 28.6 Å². The fraction of sp³-hybridized carbons (Fsp3) is 0.604. The molecule has 0 bridgehead atoms. The first-order valence-electron chi connectivity index (χ1n) is 23.5. The zero-order valence-electron chi connectivity index (χ0n) is 37.7. The summed E-state index contributed by atoms with van der Waals surface area (Å²) in [5, 5.41) is 0. The van der Waals surface area contributed by atoms with E-state index >= 15 is 0 Å². The molecule has 0 fully saturated rings. The second-order valence-corrected chi connectivity index (χ2v) is 15.0. The van der Waals surface area contributed by atoms with Gasteiger partial charge in [-0.25, -0.2) is 0 Å². The van der Waals surface area contributed by atoms with Crippen LogP contribution in [0.15, 0.2) is 109 Å². The van der Waals surface area contributed by atoms with Crippen molar-refractivity contribution >= 4 is 17.9 Å². The number of rotatable bonds is 40. The summed E-state index contributed by atoms with van der Waals surface area (Å²) in [6.07, 6.45) is 62.1. The lowest BCUT2D eigenvalue weighted by molar-refractivity contribution is -0.167. The second-order valence-electron chi connectivity index (χ2n) is 15.0. The van der Waals surface area contributed by atoms with Gasteiger partial charge in [0.05, 0.1) is 0 Å². The molecular weight excluding hydrogens is 733 g/mol. The molecule has 0 radical (unpaired) electrons. The van der Waals surface area contributed by atoms with Crippen LogP contribution in [0.1, 0.15) is 188 Å². The summed E-state index contributed by atoms with van der Waals surface area (Å²) in [5.74, 6) is -1.02. The van der Waals surface area contributed by atoms with Crippen molar-refractivity contribution in [3.05, 3.63) is 109 Å². The quantitative estimate of drug-likeness (QED) is 0.0201. The molecule has 0 rings (SSSR count). The van der Waals surface area contributed by atoms with E-state index in [1.807, 2.05) is 0 Å². The van der Waals surface area contributed by atoms with Crippen molar-refractivity contribution in [3.8, 4) is 0 Å². The van der Waals surface area contributed by atoms with E-state index in [4.69, 9.17) is 14.2 Å². The van der Waals surface area contributed by atoms with Gasteiger partial charge in [-0.1, -0.05) is 182 Å². The highest BCUT2D eigenvalue weighted by Gasteiger charge is 2.19. The number of esters is 3. The van der Waals surface area contributed by atoms with Gasteiger partial charge in [0.1, 0.15) is 13.2 Å². The van der Waals surface area contributed by atoms with Crippen LogP contribution in [0.5, 0.6) is 0 Å². The van der Waals surface area contributed by atoms with Crippen LogP contribution in [0.2, 0.25) is 0 Å². The Bertz CT molecular complexity index is 1260. The van der Waals surface area contributed by atoms with E-state index in [9.17, 15) is 14.4 Å². The fourth-order valence-corrected chi connectivity index (χ4v) is 5.80. The monoisotopic (exact) mass is 817 g/mol. The molecule has 0 saturated heterocycles. The molecule has 0 aromatic rings. The molecule has 0 aliphatic carbocycles. The number of hydrogen-bond donors (Lipinski definition) is 0. The van der Waals surface area contributed by atoms with Crippen LogP contribution in [0.4, 0.5) is 0 Å². The highest BCUT2D eigenvalue weighted by atomic mass is 16.6. The molecule has 0 amide bonds. The maximum absolute atomic E-state index is 12.7. The van der Waals surface area contributed by atoms with Crippen LogP contribution in [0.3, 0.4) is 0 Å². The standard InChI is InChI=1S/C53H84O6/c1-4-7-10-13-16-19-22-24-25-26-27-28-29-32-34-37-40-43-46-52(55)58-49-50(48-57-51(54)45-42-39-36-33-30-21-18-15-12-9-6-3)59-53(56)47-44-41-38-35-31-23-20-17-14-11-8-5-2/h8,11,15-22,24-28,30-31,35,50H,4-7,9-10,12-14,23,29,32-34,36-49H2,1-3H3/b11-8-,18-15-,19-16-,20-17-,24-22-,26-25-,28-27-,30-21-,35-31-. The number of carbonyl (C=O) groups excluding carboxylic acids is 3. The molecule has 6 nitrogen and oxygen atoms in total. The lowest BCUT2D eigenvalue weighted by Crippen LogP contribution is -2.30. The topological polar surface area (TPSA) is 78.9 Å². The molecule has 0 aromatic carbocycles. The molecule has 59 heavy (non-hydrogen) atoms. The molecular formula is C53H84O6. The first kappa shape index (κ1) is 55.1. The van der Waals surface area contributed by atoms with Gasteiger partial charge in [0.2, 0.25) is 0 Å². The third-order valence-electron chi connectivity index (χ3n) is 9.35. The van der Waals surface area contributed by atoms with E-state index in [2.05, 4.69) is 130 Å². The average molecular weight is 817 g/mol. The number of ether oxygens (including phenoxy) is 3. The van der Waals surface area contributed by atoms with E-state index < -0.39 is 6.10 Å². The van der Waals surface area contributed by atoms with E-state index in [0.29, 0.717) is 19.3 Å². The predicted octanol–water partition coefficient (Wildman–Crippen LogP) is 15.2. The van der Waals surface area contributed by atoms with Crippen LogP contribution in [0.25, 0.3) is 0 Å². The van der Waals surface area contributed by atoms with Crippen LogP contribution >= 0.6 is 0 Å². The van der Waals surface area contributed by atoms with Crippen molar-refractivity contribution in [1.82, 2.24) is 0 Å². The lowest BCUT2D eigenvalue weighted by atomic mass is 10.1. The summed E-state index contributed by atoms with van der Waals surface area (Å²) < 4.78 is 16.6.